The van der Waals surface area contributed by atoms with Gasteiger partial charge in [0.25, 0.3) is 0 Å². The zero-order valence-corrected chi connectivity index (χ0v) is 82.6. The second-order valence-corrected chi connectivity index (χ2v) is 39.5. The quantitative estimate of drug-likeness (QED) is 0.0420. The topological polar surface area (TPSA) is 371 Å². The van der Waals surface area contributed by atoms with Gasteiger partial charge in [0.1, 0.15) is 47.8 Å². The Morgan fingerprint density at radius 3 is 1.23 bits per heavy atom. The number of ether oxygens (including phenoxy) is 19. The first kappa shape index (κ1) is 110. The number of aliphatic hydroxyl groups is 3. The number of hydrogen-bond acceptors (Lipinski definition) is 34. The predicted octanol–water partition coefficient (Wildman–Crippen LogP) is 8.39. The van der Waals surface area contributed by atoms with Crippen LogP contribution in [-0.4, -0.2) is 366 Å². The molecular formula is C92H164N8O26. The Hall–Kier alpha value is -4.36. The van der Waals surface area contributed by atoms with E-state index < -0.39 is 205 Å². The summed E-state index contributed by atoms with van der Waals surface area (Å²) in [5.41, 5.74) is -7.09. The lowest BCUT2D eigenvalue weighted by Crippen LogP contribution is -2.61. The van der Waals surface area contributed by atoms with E-state index in [1.807, 2.05) is 159 Å². The van der Waals surface area contributed by atoms with Crippen molar-refractivity contribution in [2.24, 2.45) is 35.5 Å². The van der Waals surface area contributed by atoms with Crippen LogP contribution in [0, 0.1) is 58.2 Å². The highest BCUT2D eigenvalue weighted by molar-refractivity contribution is 5.74. The van der Waals surface area contributed by atoms with E-state index in [0.29, 0.717) is 38.8 Å². The molecule has 0 amide bonds. The SMILES string of the molecule is C=CC#N.CC[C@H]1OC(=O)[C@H](C)C(O[C@H]2C[C@@](C)(OC)[C@@H](O)[C@H](C)O2)[C@H](C)[C@@H](O[C@@H]2O[C@H](C)C[C@H](N(C)C)[C@H]2OC(C)=O)[C@](C)(O)C[C@@H](C)CN(C)[C@H](C)[C@H]2OC(N(C)C)O[C@@]21C.CC[C@H]1OC(=O)[C@H](C)C(O[C@H]2C[C@@](C)(OC)[C@@H](OCCC#N)[C@H](C)O2)[C@H](C)[C@@H](O[C@@H]2O[C@H](C)C[C@H](N(C)C)[C@H]2OC(C)=O)[C@](C)(O)C[C@@H](C)CN(C)[C@H](C)[C@H]2OC(N(C)C)O[C@@]21C. The fourth-order valence-corrected chi connectivity index (χ4v) is 20.5. The highest BCUT2D eigenvalue weighted by Gasteiger charge is 2.61. The normalized spacial score (nSPS) is 44.7. The number of aliphatic hydroxyl groups excluding tert-OH is 1. The molecule has 0 radical (unpaired) electrons. The molecule has 8 aliphatic rings. The van der Waals surface area contributed by atoms with Gasteiger partial charge < -0.3 is 125 Å². The lowest BCUT2D eigenvalue weighted by atomic mass is 9.77. The largest absolute Gasteiger partial charge is 0.459 e. The van der Waals surface area contributed by atoms with Crippen molar-refractivity contribution >= 4 is 23.9 Å². The minimum Gasteiger partial charge on any atom is -0.459 e. The summed E-state index contributed by atoms with van der Waals surface area (Å²) in [6.45, 7) is 45.3. The van der Waals surface area contributed by atoms with Crippen LogP contribution in [0.25, 0.3) is 0 Å². The maximum atomic E-state index is 14.9. The van der Waals surface area contributed by atoms with Gasteiger partial charge in [-0.15, -0.1) is 0 Å². The number of fused-ring (bicyclic) bond motifs is 2. The predicted molar refractivity (Wildman–Crippen MR) is 468 cm³/mol. The number of allylic oxidation sites excluding steroid dienone is 1. The molecular weight excluding hydrogens is 1630 g/mol. The maximum Gasteiger partial charge on any atom is 0.311 e. The van der Waals surface area contributed by atoms with Crippen LogP contribution in [0.3, 0.4) is 0 Å². The van der Waals surface area contributed by atoms with Crippen LogP contribution >= 0.6 is 0 Å². The molecule has 0 saturated carbocycles. The first-order valence-corrected chi connectivity index (χ1v) is 45.5. The van der Waals surface area contributed by atoms with Gasteiger partial charge in [-0.1, -0.05) is 48.1 Å². The summed E-state index contributed by atoms with van der Waals surface area (Å²) in [6, 6.07) is 2.94. The number of methoxy groups -OCH3 is 2. The number of rotatable bonds is 21. The molecule has 8 fully saturated rings. The van der Waals surface area contributed by atoms with Crippen molar-refractivity contribution < 1.29 is 124 Å². The number of nitriles is 2. The molecule has 34 heteroatoms. The number of carbonyl (C=O) groups excluding carboxylic acids is 4. The zero-order valence-electron chi connectivity index (χ0n) is 82.6. The first-order valence-electron chi connectivity index (χ1n) is 45.5. The lowest BCUT2D eigenvalue weighted by Gasteiger charge is -2.49. The molecule has 728 valence electrons. The second-order valence-electron chi connectivity index (χ2n) is 39.5. The Labute approximate surface area is 753 Å². The molecule has 38 atom stereocenters. The van der Waals surface area contributed by atoms with Crippen LogP contribution in [0.15, 0.2) is 12.7 Å². The summed E-state index contributed by atoms with van der Waals surface area (Å²) < 4.78 is 123. The van der Waals surface area contributed by atoms with E-state index in [9.17, 15) is 39.8 Å². The average Bonchev–Trinajstić information content (AvgIpc) is 1.62. The van der Waals surface area contributed by atoms with E-state index in [2.05, 4.69) is 50.1 Å². The van der Waals surface area contributed by atoms with Gasteiger partial charge in [0.15, 0.2) is 37.4 Å². The minimum atomic E-state index is -1.56. The van der Waals surface area contributed by atoms with E-state index in [4.69, 9.17) is 95.3 Å². The fraction of sp³-hybridized carbons (Fsp3) is 0.913. The number of nitrogens with zero attached hydrogens (tertiary/aromatic N) is 8. The molecule has 3 N–H and O–H groups in total. The molecule has 8 rings (SSSR count). The number of cyclic esters (lactones) is 2. The summed E-state index contributed by atoms with van der Waals surface area (Å²) >= 11 is 0. The molecule has 8 heterocycles. The molecule has 4 unspecified atom stereocenters. The smallest absolute Gasteiger partial charge is 0.311 e. The molecule has 0 aromatic carbocycles. The Morgan fingerprint density at radius 1 is 0.540 bits per heavy atom. The van der Waals surface area contributed by atoms with Crippen LogP contribution in [-0.2, 0) is 109 Å². The van der Waals surface area contributed by atoms with Crippen LogP contribution in [0.2, 0.25) is 0 Å². The highest BCUT2D eigenvalue weighted by atomic mass is 16.8. The molecule has 34 nitrogen and oxygen atoms in total. The molecule has 0 aromatic heterocycles. The summed E-state index contributed by atoms with van der Waals surface area (Å²) in [7, 11) is 22.4. The van der Waals surface area contributed by atoms with Crippen molar-refractivity contribution in [3.8, 4) is 12.1 Å². The third-order valence-corrected chi connectivity index (χ3v) is 27.5. The molecule has 0 bridgehead atoms. The molecule has 8 saturated heterocycles. The number of esters is 4. The maximum absolute atomic E-state index is 14.9. The van der Waals surface area contributed by atoms with E-state index in [1.54, 1.807) is 54.7 Å². The van der Waals surface area contributed by atoms with Crippen molar-refractivity contribution in [3.05, 3.63) is 12.7 Å². The molecule has 0 aliphatic carbocycles. The van der Waals surface area contributed by atoms with Gasteiger partial charge in [0.2, 0.25) is 12.8 Å². The van der Waals surface area contributed by atoms with E-state index in [-0.39, 0.29) is 86.9 Å². The van der Waals surface area contributed by atoms with Gasteiger partial charge in [-0.05, 0) is 218 Å². The molecule has 8 aliphatic heterocycles. The first-order chi connectivity index (χ1) is 58.5. The van der Waals surface area contributed by atoms with Gasteiger partial charge in [-0.25, -0.2) is 0 Å². The summed E-state index contributed by atoms with van der Waals surface area (Å²) in [5.74, 6) is -5.58. The Bertz CT molecular complexity index is 3500. The van der Waals surface area contributed by atoms with Crippen molar-refractivity contribution in [1.29, 1.82) is 10.5 Å². The van der Waals surface area contributed by atoms with Gasteiger partial charge in [-0.3, -0.25) is 29.0 Å². The van der Waals surface area contributed by atoms with Crippen molar-refractivity contribution in [3.63, 3.8) is 0 Å². The summed E-state index contributed by atoms with van der Waals surface area (Å²) in [4.78, 5) is 66.9. The number of hydrogen-bond donors (Lipinski definition) is 3. The third kappa shape index (κ3) is 27.0. The van der Waals surface area contributed by atoms with E-state index >= 15 is 0 Å². The Kier molecular flexibility index (Phi) is 41.2. The van der Waals surface area contributed by atoms with Crippen LogP contribution in [0.5, 0.6) is 0 Å². The highest BCUT2D eigenvalue weighted by Crippen LogP contribution is 2.48. The second kappa shape index (κ2) is 47.0. The number of likely N-dealkylation sites (N-methyl/N-ethyl adjacent to an activating group) is 4. The van der Waals surface area contributed by atoms with Crippen LogP contribution in [0.1, 0.15) is 210 Å². The van der Waals surface area contributed by atoms with E-state index in [1.165, 1.54) is 27.0 Å². The third-order valence-electron chi connectivity index (χ3n) is 27.5. The lowest BCUT2D eigenvalue weighted by molar-refractivity contribution is -0.321. The van der Waals surface area contributed by atoms with Crippen molar-refractivity contribution in [2.75, 3.05) is 104 Å². The molecule has 0 spiro atoms. The summed E-state index contributed by atoms with van der Waals surface area (Å²) in [6.07, 6.45) is -12.3. The number of carbonyl (C=O) groups is 4. The van der Waals surface area contributed by atoms with Gasteiger partial charge in [0, 0.05) is 84.0 Å². The fourth-order valence-electron chi connectivity index (χ4n) is 20.5. The zero-order chi connectivity index (χ0) is 95.3. The monoisotopic (exact) mass is 1800 g/mol. The van der Waals surface area contributed by atoms with E-state index in [0.717, 1.165) is 0 Å². The average molecular weight is 1800 g/mol. The van der Waals surface area contributed by atoms with Crippen LogP contribution in [0.4, 0.5) is 0 Å². The molecule has 126 heavy (non-hydrogen) atoms. The van der Waals surface area contributed by atoms with Crippen molar-refractivity contribution in [2.45, 2.75) is 404 Å². The Morgan fingerprint density at radius 2 is 0.905 bits per heavy atom. The van der Waals surface area contributed by atoms with Gasteiger partial charge in [-0.2, -0.15) is 10.5 Å². The minimum absolute atomic E-state index is 0.0767. The Balaban J connectivity index is 0.000000374. The standard InChI is InChI=1S/C46H82N4O13.C43H79N3O13.C3H3N/c1-18-34-46(11)39(62-43(63-46)49(14)15)30(6)50(16)25-26(2)23-44(9,53)38(61-42-37(58-32(8)51)33(48(12)13)22-27(3)56-42)28(4)36(29(5)41(52)59-34)60-35-24-45(10,54-17)40(31(7)57-35)55-21-19-20-47;1-18-31-43(11)37(58-40(59-43)45(14)15)27(6)46(16)22-23(2)20-41(9,50)36(57-39-34(54-29(8)47)30(44(12)13)19-24(3)52-39)25(4)33(26(5)38(49)55-31)56-32-21-42(10,51-17)35(48)28(7)53-32;1-2-3-4/h26-31,33-40,42-43,53H,18-19,21-25H2,1-17H3;23-28,30-37,39-40,48,50H,18-22H2,1-17H3;2H,1H2/t26-,27-,28+,29-,30-,31+,33+,34-,35+,36?,37-,38-,39-,40+,42+,43?,44-,45-,46-;23-,24-,25+,26-,27-,28+,30+,31-,32+,33?,34-,35+,36-,37-,39+,40?,41-,42-,43-;/m11./s1. The van der Waals surface area contributed by atoms with Gasteiger partial charge in [0.05, 0.1) is 120 Å². The van der Waals surface area contributed by atoms with Gasteiger partial charge >= 0.3 is 23.9 Å². The van der Waals surface area contributed by atoms with Crippen molar-refractivity contribution in [1.82, 2.24) is 29.4 Å². The summed E-state index contributed by atoms with van der Waals surface area (Å²) in [5, 5.41) is 53.6. The molecule has 0 aromatic rings. The van der Waals surface area contributed by atoms with Crippen LogP contribution < -0.4 is 0 Å².